The molecule has 1 atom stereocenters. The molecular formula is C13H19NO2. The van der Waals surface area contributed by atoms with Crippen molar-refractivity contribution in [1.29, 1.82) is 0 Å². The van der Waals surface area contributed by atoms with Crippen LogP contribution in [0.4, 0.5) is 0 Å². The summed E-state index contributed by atoms with van der Waals surface area (Å²) >= 11 is 0. The normalized spacial score (nSPS) is 19.9. The first-order valence-corrected chi connectivity index (χ1v) is 5.74. The first-order valence-electron chi connectivity index (χ1n) is 5.74. The van der Waals surface area contributed by atoms with E-state index >= 15 is 0 Å². The van der Waals surface area contributed by atoms with Gasteiger partial charge in [-0.05, 0) is 30.5 Å². The van der Waals surface area contributed by atoms with Crippen molar-refractivity contribution in [3.8, 4) is 5.75 Å². The van der Waals surface area contributed by atoms with Crippen LogP contribution < -0.4 is 10.5 Å². The molecule has 1 aromatic rings. The molecule has 0 aliphatic heterocycles. The zero-order valence-corrected chi connectivity index (χ0v) is 9.65. The molecule has 0 bridgehead atoms. The summed E-state index contributed by atoms with van der Waals surface area (Å²) in [7, 11) is 1.63. The van der Waals surface area contributed by atoms with Crippen LogP contribution in [0.2, 0.25) is 0 Å². The van der Waals surface area contributed by atoms with Crippen LogP contribution in [0.3, 0.4) is 0 Å². The number of methoxy groups -OCH3 is 1. The average molecular weight is 221 g/mol. The molecule has 0 saturated heterocycles. The van der Waals surface area contributed by atoms with Crippen molar-refractivity contribution in [2.45, 2.75) is 25.4 Å². The van der Waals surface area contributed by atoms with Gasteiger partial charge in [-0.25, -0.2) is 0 Å². The smallest absolute Gasteiger partial charge is 0.119 e. The van der Waals surface area contributed by atoms with Crippen molar-refractivity contribution >= 4 is 0 Å². The maximum absolute atomic E-state index is 10.4. The van der Waals surface area contributed by atoms with Crippen molar-refractivity contribution < 1.29 is 9.84 Å². The minimum atomic E-state index is -0.471. The maximum atomic E-state index is 10.4. The summed E-state index contributed by atoms with van der Waals surface area (Å²) < 4.78 is 5.16. The summed E-state index contributed by atoms with van der Waals surface area (Å²) in [6.45, 7) is 0.547. The lowest BCUT2D eigenvalue weighted by Crippen LogP contribution is -2.42. The molecule has 16 heavy (non-hydrogen) atoms. The Kier molecular flexibility index (Phi) is 3.17. The minimum absolute atomic E-state index is 0.105. The molecule has 3 nitrogen and oxygen atoms in total. The molecule has 88 valence electrons. The molecule has 1 unspecified atom stereocenters. The third-order valence-corrected chi connectivity index (χ3v) is 3.75. The van der Waals surface area contributed by atoms with E-state index in [1.807, 2.05) is 24.3 Å². The van der Waals surface area contributed by atoms with Crippen LogP contribution in [-0.2, 0) is 0 Å². The van der Waals surface area contributed by atoms with Crippen LogP contribution in [0.15, 0.2) is 24.3 Å². The third kappa shape index (κ3) is 1.81. The van der Waals surface area contributed by atoms with Gasteiger partial charge in [0, 0.05) is 12.0 Å². The lowest BCUT2D eigenvalue weighted by molar-refractivity contribution is -0.0297. The molecule has 1 aliphatic rings. The van der Waals surface area contributed by atoms with Gasteiger partial charge >= 0.3 is 0 Å². The van der Waals surface area contributed by atoms with Crippen LogP contribution in [0, 0.1) is 5.41 Å². The molecule has 2 rings (SSSR count). The summed E-state index contributed by atoms with van der Waals surface area (Å²) in [4.78, 5) is 0. The second kappa shape index (κ2) is 4.44. The maximum Gasteiger partial charge on any atom is 0.119 e. The topological polar surface area (TPSA) is 55.5 Å². The first kappa shape index (κ1) is 11.4. The van der Waals surface area contributed by atoms with E-state index in [9.17, 15) is 5.11 Å². The summed E-state index contributed by atoms with van der Waals surface area (Å²) in [6, 6.07) is 7.61. The fourth-order valence-electron chi connectivity index (χ4n) is 2.39. The summed E-state index contributed by atoms with van der Waals surface area (Å²) in [6.07, 6.45) is 2.73. The van der Waals surface area contributed by atoms with E-state index in [0.29, 0.717) is 6.54 Å². The van der Waals surface area contributed by atoms with E-state index in [0.717, 1.165) is 30.6 Å². The van der Waals surface area contributed by atoms with E-state index in [-0.39, 0.29) is 5.41 Å². The van der Waals surface area contributed by atoms with Crippen LogP contribution in [0.25, 0.3) is 0 Å². The molecule has 0 radical (unpaired) electrons. The number of nitrogens with two attached hydrogens (primary N) is 1. The monoisotopic (exact) mass is 221 g/mol. The van der Waals surface area contributed by atoms with Crippen LogP contribution >= 0.6 is 0 Å². The Hall–Kier alpha value is -1.06. The fourth-order valence-corrected chi connectivity index (χ4v) is 2.39. The van der Waals surface area contributed by atoms with Gasteiger partial charge < -0.3 is 15.6 Å². The molecule has 0 amide bonds. The number of benzene rings is 1. The van der Waals surface area contributed by atoms with Crippen molar-refractivity contribution in [3.63, 3.8) is 0 Å². The standard InChI is InChI=1S/C13H19NO2/c1-16-11-5-2-4-10(8-11)12(15)13(9-14)6-3-7-13/h2,4-5,8,12,15H,3,6-7,9,14H2,1H3. The number of aliphatic hydroxyl groups is 1. The van der Waals surface area contributed by atoms with Crippen LogP contribution in [-0.4, -0.2) is 18.8 Å². The average Bonchev–Trinajstić information content (AvgIpc) is 2.28. The molecule has 1 aliphatic carbocycles. The highest BCUT2D eigenvalue weighted by molar-refractivity contribution is 5.31. The van der Waals surface area contributed by atoms with Gasteiger partial charge in [0.25, 0.3) is 0 Å². The Bertz CT molecular complexity index is 355. The predicted octanol–water partition coefficient (Wildman–Crippen LogP) is 1.86. The molecule has 3 heteroatoms. The Morgan fingerprint density at radius 3 is 2.75 bits per heavy atom. The largest absolute Gasteiger partial charge is 0.497 e. The number of hydrogen-bond donors (Lipinski definition) is 2. The molecule has 1 saturated carbocycles. The van der Waals surface area contributed by atoms with E-state index in [4.69, 9.17) is 10.5 Å². The Balaban J connectivity index is 2.22. The summed E-state index contributed by atoms with van der Waals surface area (Å²) in [5.74, 6) is 0.781. The van der Waals surface area contributed by atoms with Crippen molar-refractivity contribution in [3.05, 3.63) is 29.8 Å². The highest BCUT2D eigenvalue weighted by atomic mass is 16.5. The molecule has 1 aromatic carbocycles. The molecule has 1 fully saturated rings. The quantitative estimate of drug-likeness (QED) is 0.816. The Labute approximate surface area is 96.2 Å². The van der Waals surface area contributed by atoms with E-state index < -0.39 is 6.10 Å². The second-order valence-electron chi connectivity index (χ2n) is 4.60. The summed E-state index contributed by atoms with van der Waals surface area (Å²) in [5, 5.41) is 10.4. The SMILES string of the molecule is COc1cccc(C(O)C2(CN)CCC2)c1. The minimum Gasteiger partial charge on any atom is -0.497 e. The van der Waals surface area contributed by atoms with Crippen LogP contribution in [0.1, 0.15) is 30.9 Å². The highest BCUT2D eigenvalue weighted by Crippen LogP contribution is 2.49. The van der Waals surface area contributed by atoms with Crippen molar-refractivity contribution in [2.75, 3.05) is 13.7 Å². The predicted molar refractivity (Wildman–Crippen MR) is 63.3 cm³/mol. The lowest BCUT2D eigenvalue weighted by atomic mass is 9.63. The summed E-state index contributed by atoms with van der Waals surface area (Å²) in [5.41, 5.74) is 6.59. The molecule has 3 N–H and O–H groups in total. The van der Waals surface area contributed by atoms with Gasteiger partial charge in [-0.2, -0.15) is 0 Å². The first-order chi connectivity index (χ1) is 7.72. The van der Waals surface area contributed by atoms with Gasteiger partial charge in [0.15, 0.2) is 0 Å². The molecule has 0 spiro atoms. The molecule has 0 aromatic heterocycles. The van der Waals surface area contributed by atoms with E-state index in [2.05, 4.69) is 0 Å². The fraction of sp³-hybridized carbons (Fsp3) is 0.538. The zero-order valence-electron chi connectivity index (χ0n) is 9.65. The van der Waals surface area contributed by atoms with Crippen molar-refractivity contribution in [1.82, 2.24) is 0 Å². The molecule has 0 heterocycles. The van der Waals surface area contributed by atoms with Gasteiger partial charge in [-0.3, -0.25) is 0 Å². The van der Waals surface area contributed by atoms with Crippen LogP contribution in [0.5, 0.6) is 5.75 Å². The van der Waals surface area contributed by atoms with Gasteiger partial charge in [0.1, 0.15) is 5.75 Å². The van der Waals surface area contributed by atoms with Crippen molar-refractivity contribution in [2.24, 2.45) is 11.1 Å². The second-order valence-corrected chi connectivity index (χ2v) is 4.60. The molecular weight excluding hydrogens is 202 g/mol. The van der Waals surface area contributed by atoms with E-state index in [1.165, 1.54) is 0 Å². The number of ether oxygens (including phenoxy) is 1. The third-order valence-electron chi connectivity index (χ3n) is 3.75. The number of rotatable bonds is 4. The lowest BCUT2D eigenvalue weighted by Gasteiger charge is -2.44. The van der Waals surface area contributed by atoms with Gasteiger partial charge in [-0.15, -0.1) is 0 Å². The number of aliphatic hydroxyl groups excluding tert-OH is 1. The Morgan fingerprint density at radius 1 is 1.50 bits per heavy atom. The zero-order chi connectivity index (χ0) is 11.6. The van der Waals surface area contributed by atoms with Gasteiger partial charge in [-0.1, -0.05) is 18.6 Å². The van der Waals surface area contributed by atoms with Gasteiger partial charge in [0.05, 0.1) is 13.2 Å². The van der Waals surface area contributed by atoms with E-state index in [1.54, 1.807) is 7.11 Å². The highest BCUT2D eigenvalue weighted by Gasteiger charge is 2.42. The van der Waals surface area contributed by atoms with Gasteiger partial charge in [0.2, 0.25) is 0 Å². The number of hydrogen-bond acceptors (Lipinski definition) is 3. The Morgan fingerprint density at radius 2 is 2.25 bits per heavy atom.